The van der Waals surface area contributed by atoms with Crippen LogP contribution in [0, 0.1) is 12.7 Å². The van der Waals surface area contributed by atoms with Crippen molar-refractivity contribution in [1.82, 2.24) is 5.43 Å². The summed E-state index contributed by atoms with van der Waals surface area (Å²) in [7, 11) is -4.25. The lowest BCUT2D eigenvalue weighted by Crippen LogP contribution is -2.40. The summed E-state index contributed by atoms with van der Waals surface area (Å²) in [5.41, 5.74) is 3.37. The number of aryl methyl sites for hydroxylation is 1. The summed E-state index contributed by atoms with van der Waals surface area (Å²) < 4.78 is 47.0. The Labute approximate surface area is 197 Å². The largest absolute Gasteiger partial charge is 0.504 e. The molecule has 34 heavy (non-hydrogen) atoms. The Hall–Kier alpha value is -3.92. The Bertz CT molecular complexity index is 1290. The Morgan fingerprint density at radius 2 is 1.85 bits per heavy atom. The number of aromatic hydroxyl groups is 1. The van der Waals surface area contributed by atoms with E-state index >= 15 is 0 Å². The van der Waals surface area contributed by atoms with Gasteiger partial charge in [-0.05, 0) is 61.9 Å². The van der Waals surface area contributed by atoms with Crippen molar-refractivity contribution in [2.45, 2.75) is 18.7 Å². The molecule has 0 radical (unpaired) electrons. The van der Waals surface area contributed by atoms with Crippen molar-refractivity contribution in [3.8, 4) is 11.5 Å². The van der Waals surface area contributed by atoms with Crippen LogP contribution in [0.1, 0.15) is 18.1 Å². The number of para-hydroxylation sites is 1. The van der Waals surface area contributed by atoms with Gasteiger partial charge in [0.05, 0.1) is 23.4 Å². The molecular weight excluding hydrogens is 461 g/mol. The van der Waals surface area contributed by atoms with E-state index in [1.165, 1.54) is 48.7 Å². The number of hydrazone groups is 1. The number of sulfonamides is 1. The van der Waals surface area contributed by atoms with Crippen molar-refractivity contribution in [2.24, 2.45) is 5.10 Å². The number of hydrogen-bond donors (Lipinski definition) is 2. The number of rotatable bonds is 9. The second kappa shape index (κ2) is 10.8. The molecular formula is C24H24FN3O5S. The number of carbonyl (C=O) groups is 1. The molecule has 0 aromatic heterocycles. The number of anilines is 1. The number of benzene rings is 3. The van der Waals surface area contributed by atoms with Crippen molar-refractivity contribution in [3.05, 3.63) is 83.7 Å². The zero-order valence-electron chi connectivity index (χ0n) is 18.6. The van der Waals surface area contributed by atoms with Gasteiger partial charge in [-0.1, -0.05) is 29.8 Å². The number of nitrogens with zero attached hydrogens (tertiary/aromatic N) is 2. The van der Waals surface area contributed by atoms with E-state index < -0.39 is 28.3 Å². The van der Waals surface area contributed by atoms with E-state index in [1.807, 2.05) is 6.92 Å². The maximum absolute atomic E-state index is 14.5. The third-order valence-electron chi connectivity index (χ3n) is 4.70. The molecule has 8 nitrogen and oxygen atoms in total. The van der Waals surface area contributed by atoms with Crippen LogP contribution in [0.5, 0.6) is 11.5 Å². The molecule has 0 fully saturated rings. The second-order valence-electron chi connectivity index (χ2n) is 7.23. The van der Waals surface area contributed by atoms with Crippen LogP contribution < -0.4 is 14.5 Å². The molecule has 0 atom stereocenters. The second-order valence-corrected chi connectivity index (χ2v) is 9.09. The predicted molar refractivity (Wildman–Crippen MR) is 127 cm³/mol. The van der Waals surface area contributed by atoms with Gasteiger partial charge in [-0.3, -0.25) is 9.10 Å². The molecule has 0 spiro atoms. The smallest absolute Gasteiger partial charge is 0.264 e. The number of carbonyl (C=O) groups excluding carboxylic acids is 1. The first kappa shape index (κ1) is 24.7. The van der Waals surface area contributed by atoms with Crippen LogP contribution in [0.3, 0.4) is 0 Å². The lowest BCUT2D eigenvalue weighted by Gasteiger charge is -2.24. The van der Waals surface area contributed by atoms with Crippen LogP contribution >= 0.6 is 0 Å². The lowest BCUT2D eigenvalue weighted by atomic mass is 10.2. The quantitative estimate of drug-likeness (QED) is 0.356. The Morgan fingerprint density at radius 1 is 1.15 bits per heavy atom. The minimum Gasteiger partial charge on any atom is -0.504 e. The summed E-state index contributed by atoms with van der Waals surface area (Å²) in [6.45, 7) is 3.23. The fourth-order valence-electron chi connectivity index (χ4n) is 3.02. The standard InChI is InChI=1S/C24H24FN3O5S/c1-3-33-23-14-18(10-13-22(23)29)15-26-27-24(30)16-28(21-7-5-4-6-20(21)25)34(31,32)19-11-8-17(2)9-12-19/h4-15,29H,3,16H2,1-2H3,(H,27,30). The topological polar surface area (TPSA) is 108 Å². The molecule has 0 aliphatic rings. The maximum Gasteiger partial charge on any atom is 0.264 e. The number of phenolic OH excluding ortho intramolecular Hbond substituents is 1. The van der Waals surface area contributed by atoms with Crippen LogP contribution in [-0.4, -0.2) is 38.8 Å². The molecule has 2 N–H and O–H groups in total. The van der Waals surface area contributed by atoms with Gasteiger partial charge in [-0.2, -0.15) is 5.10 Å². The average molecular weight is 486 g/mol. The summed E-state index contributed by atoms with van der Waals surface area (Å²) >= 11 is 0. The van der Waals surface area contributed by atoms with Gasteiger partial charge < -0.3 is 9.84 Å². The molecule has 10 heteroatoms. The number of halogens is 1. The van der Waals surface area contributed by atoms with Crippen molar-refractivity contribution in [2.75, 3.05) is 17.5 Å². The third-order valence-corrected chi connectivity index (χ3v) is 6.48. The highest BCUT2D eigenvalue weighted by molar-refractivity contribution is 7.92. The molecule has 0 heterocycles. The molecule has 178 valence electrons. The Morgan fingerprint density at radius 3 is 2.53 bits per heavy atom. The van der Waals surface area contributed by atoms with Crippen molar-refractivity contribution < 1.29 is 27.4 Å². The summed E-state index contributed by atoms with van der Waals surface area (Å²) in [5, 5.41) is 13.6. The number of hydrogen-bond acceptors (Lipinski definition) is 6. The fraction of sp³-hybridized carbons (Fsp3) is 0.167. The molecule has 0 saturated carbocycles. The monoisotopic (exact) mass is 485 g/mol. The van der Waals surface area contributed by atoms with Crippen LogP contribution in [0.2, 0.25) is 0 Å². The van der Waals surface area contributed by atoms with E-state index in [9.17, 15) is 22.7 Å². The van der Waals surface area contributed by atoms with E-state index in [0.717, 1.165) is 11.6 Å². The number of phenols is 1. The highest BCUT2D eigenvalue weighted by Gasteiger charge is 2.29. The average Bonchev–Trinajstić information content (AvgIpc) is 2.80. The Kier molecular flexibility index (Phi) is 7.85. The minimum atomic E-state index is -4.25. The molecule has 0 bridgehead atoms. The van der Waals surface area contributed by atoms with Crippen molar-refractivity contribution in [1.29, 1.82) is 0 Å². The third kappa shape index (κ3) is 5.90. The lowest BCUT2D eigenvalue weighted by molar-refractivity contribution is -0.119. The van der Waals surface area contributed by atoms with Gasteiger partial charge in [0.15, 0.2) is 11.5 Å². The summed E-state index contributed by atoms with van der Waals surface area (Å²) in [5.74, 6) is -1.35. The molecule has 0 saturated heterocycles. The van der Waals surface area contributed by atoms with Gasteiger partial charge in [0, 0.05) is 0 Å². The van der Waals surface area contributed by atoms with Crippen molar-refractivity contribution >= 4 is 27.8 Å². The van der Waals surface area contributed by atoms with Crippen LogP contribution in [0.25, 0.3) is 0 Å². The van der Waals surface area contributed by atoms with Gasteiger partial charge in [0.2, 0.25) is 0 Å². The fourth-order valence-corrected chi connectivity index (χ4v) is 4.45. The first-order valence-electron chi connectivity index (χ1n) is 10.3. The van der Waals surface area contributed by atoms with Crippen LogP contribution in [0.15, 0.2) is 76.7 Å². The summed E-state index contributed by atoms with van der Waals surface area (Å²) in [4.78, 5) is 12.5. The zero-order valence-corrected chi connectivity index (χ0v) is 19.4. The van der Waals surface area contributed by atoms with Gasteiger partial charge in [-0.25, -0.2) is 18.2 Å². The predicted octanol–water partition coefficient (Wildman–Crippen LogP) is 3.58. The van der Waals surface area contributed by atoms with E-state index in [1.54, 1.807) is 25.1 Å². The molecule has 3 rings (SSSR count). The van der Waals surface area contributed by atoms with Crippen molar-refractivity contribution in [3.63, 3.8) is 0 Å². The minimum absolute atomic E-state index is 0.0372. The first-order valence-corrected chi connectivity index (χ1v) is 11.8. The zero-order chi connectivity index (χ0) is 24.7. The van der Waals surface area contributed by atoms with Gasteiger partial charge >= 0.3 is 0 Å². The maximum atomic E-state index is 14.5. The van der Waals surface area contributed by atoms with E-state index in [-0.39, 0.29) is 22.1 Å². The summed E-state index contributed by atoms with van der Waals surface area (Å²) in [6.07, 6.45) is 1.31. The molecule has 0 unspecified atom stereocenters. The SMILES string of the molecule is CCOc1cc(C=NNC(=O)CN(c2ccccc2F)S(=O)(=O)c2ccc(C)cc2)ccc1O. The highest BCUT2D eigenvalue weighted by atomic mass is 32.2. The van der Waals surface area contributed by atoms with Crippen LogP contribution in [-0.2, 0) is 14.8 Å². The molecule has 3 aromatic rings. The molecule has 3 aromatic carbocycles. The highest BCUT2D eigenvalue weighted by Crippen LogP contribution is 2.27. The molecule has 0 aliphatic heterocycles. The molecule has 0 aliphatic carbocycles. The number of nitrogens with one attached hydrogen (secondary N) is 1. The van der Waals surface area contributed by atoms with Gasteiger partial charge in [0.1, 0.15) is 12.4 Å². The normalized spacial score (nSPS) is 11.4. The number of ether oxygens (including phenoxy) is 1. The molecule has 1 amide bonds. The van der Waals surface area contributed by atoms with E-state index in [4.69, 9.17) is 4.74 Å². The van der Waals surface area contributed by atoms with E-state index in [0.29, 0.717) is 16.5 Å². The Balaban J connectivity index is 1.82. The summed E-state index contributed by atoms with van der Waals surface area (Å²) in [6, 6.07) is 15.8. The van der Waals surface area contributed by atoms with Gasteiger partial charge in [0.25, 0.3) is 15.9 Å². The van der Waals surface area contributed by atoms with Crippen LogP contribution in [0.4, 0.5) is 10.1 Å². The van der Waals surface area contributed by atoms with E-state index in [2.05, 4.69) is 10.5 Å². The number of amides is 1. The van der Waals surface area contributed by atoms with Gasteiger partial charge in [-0.15, -0.1) is 0 Å². The first-order chi connectivity index (χ1) is 16.2.